The van der Waals surface area contributed by atoms with Gasteiger partial charge in [-0.25, -0.2) is 0 Å². The van der Waals surface area contributed by atoms with Gasteiger partial charge in [0.1, 0.15) is 0 Å². The molecule has 2 N–H and O–H groups in total. The number of carbonyl (C=O) groups is 2. The van der Waals surface area contributed by atoms with Crippen LogP contribution in [0.25, 0.3) is 0 Å². The Bertz CT molecular complexity index is 756. The fourth-order valence-electron chi connectivity index (χ4n) is 2.70. The first kappa shape index (κ1) is 17.4. The SMILES string of the molecule is Cc1ccc(NC(=O)c2ccc(N3CCCCS3)cc2)cc1NC=O. The van der Waals surface area contributed by atoms with E-state index in [1.165, 1.54) is 12.8 Å². The molecule has 0 saturated carbocycles. The van der Waals surface area contributed by atoms with Crippen LogP contribution in [0.15, 0.2) is 42.5 Å². The van der Waals surface area contributed by atoms with Gasteiger partial charge in [0, 0.05) is 34.9 Å². The Kier molecular flexibility index (Phi) is 5.60. The third kappa shape index (κ3) is 4.33. The van der Waals surface area contributed by atoms with Crippen LogP contribution in [0.5, 0.6) is 0 Å². The second-order valence-corrected chi connectivity index (χ2v) is 7.04. The summed E-state index contributed by atoms with van der Waals surface area (Å²) in [6.45, 7) is 2.95. The summed E-state index contributed by atoms with van der Waals surface area (Å²) in [5.74, 6) is 0.978. The van der Waals surface area contributed by atoms with Crippen LogP contribution < -0.4 is 14.9 Å². The minimum absolute atomic E-state index is 0.168. The minimum Gasteiger partial charge on any atom is -0.328 e. The molecule has 3 rings (SSSR count). The summed E-state index contributed by atoms with van der Waals surface area (Å²) in [6.07, 6.45) is 3.10. The lowest BCUT2D eigenvalue weighted by Gasteiger charge is -2.27. The number of hydrogen-bond donors (Lipinski definition) is 2. The summed E-state index contributed by atoms with van der Waals surface area (Å²) in [5.41, 5.74) is 4.01. The standard InChI is InChI=1S/C19H21N3O2S/c1-14-4-7-16(12-18(14)20-13-23)21-19(24)15-5-8-17(9-6-15)22-10-2-3-11-25-22/h4-9,12-13H,2-3,10-11H2,1H3,(H,20,23)(H,21,24). The fraction of sp³-hybridized carbons (Fsp3) is 0.263. The van der Waals surface area contributed by atoms with E-state index in [0.29, 0.717) is 23.3 Å². The molecule has 0 spiro atoms. The molecule has 25 heavy (non-hydrogen) atoms. The number of carbonyl (C=O) groups excluding carboxylic acids is 2. The molecule has 2 amide bonds. The Morgan fingerprint density at radius 2 is 1.96 bits per heavy atom. The molecule has 2 aromatic carbocycles. The van der Waals surface area contributed by atoms with Crippen LogP contribution in [0.2, 0.25) is 0 Å². The molecule has 1 saturated heterocycles. The maximum absolute atomic E-state index is 12.4. The first-order valence-corrected chi connectivity index (χ1v) is 9.24. The van der Waals surface area contributed by atoms with Crippen molar-refractivity contribution in [2.75, 3.05) is 27.2 Å². The number of anilines is 3. The smallest absolute Gasteiger partial charge is 0.255 e. The number of nitrogens with zero attached hydrogens (tertiary/aromatic N) is 1. The van der Waals surface area contributed by atoms with Gasteiger partial charge in [0.05, 0.1) is 0 Å². The molecule has 1 heterocycles. The van der Waals surface area contributed by atoms with E-state index in [1.54, 1.807) is 6.07 Å². The van der Waals surface area contributed by atoms with Crippen molar-refractivity contribution in [3.05, 3.63) is 53.6 Å². The monoisotopic (exact) mass is 355 g/mol. The Morgan fingerprint density at radius 1 is 1.16 bits per heavy atom. The summed E-state index contributed by atoms with van der Waals surface area (Å²) in [6, 6.07) is 13.1. The van der Waals surface area contributed by atoms with E-state index in [1.807, 2.05) is 55.3 Å². The van der Waals surface area contributed by atoms with Crippen LogP contribution in [0.1, 0.15) is 28.8 Å². The van der Waals surface area contributed by atoms with E-state index >= 15 is 0 Å². The summed E-state index contributed by atoms with van der Waals surface area (Å²) in [7, 11) is 0. The lowest BCUT2D eigenvalue weighted by molar-refractivity contribution is -0.105. The van der Waals surface area contributed by atoms with Gasteiger partial charge >= 0.3 is 0 Å². The quantitative estimate of drug-likeness (QED) is 0.627. The third-order valence-corrected chi connectivity index (χ3v) is 5.31. The number of aryl methyl sites for hydroxylation is 1. The van der Waals surface area contributed by atoms with E-state index in [9.17, 15) is 9.59 Å². The highest BCUT2D eigenvalue weighted by Crippen LogP contribution is 2.28. The van der Waals surface area contributed by atoms with Gasteiger partial charge < -0.3 is 14.9 Å². The maximum Gasteiger partial charge on any atom is 0.255 e. The number of benzene rings is 2. The zero-order valence-electron chi connectivity index (χ0n) is 14.1. The normalized spacial score (nSPS) is 14.0. The van der Waals surface area contributed by atoms with E-state index in [4.69, 9.17) is 0 Å². The van der Waals surface area contributed by atoms with Crippen molar-refractivity contribution in [2.45, 2.75) is 19.8 Å². The molecule has 0 atom stereocenters. The van der Waals surface area contributed by atoms with Gasteiger partial charge in [-0.15, -0.1) is 0 Å². The van der Waals surface area contributed by atoms with E-state index in [0.717, 1.165) is 23.5 Å². The van der Waals surface area contributed by atoms with Crippen molar-refractivity contribution in [3.8, 4) is 0 Å². The van der Waals surface area contributed by atoms with Gasteiger partial charge in [-0.3, -0.25) is 9.59 Å². The van der Waals surface area contributed by atoms with Crippen LogP contribution in [-0.4, -0.2) is 24.6 Å². The van der Waals surface area contributed by atoms with Crippen LogP contribution in [-0.2, 0) is 4.79 Å². The molecule has 1 fully saturated rings. The fourth-order valence-corrected chi connectivity index (χ4v) is 3.78. The average Bonchev–Trinajstić information content (AvgIpc) is 2.65. The second-order valence-electron chi connectivity index (χ2n) is 5.94. The highest BCUT2D eigenvalue weighted by Gasteiger charge is 2.13. The molecular formula is C19H21N3O2S. The summed E-state index contributed by atoms with van der Waals surface area (Å²) >= 11 is 1.84. The topological polar surface area (TPSA) is 61.4 Å². The van der Waals surface area contributed by atoms with Gasteiger partial charge in [0.15, 0.2) is 0 Å². The number of nitrogens with one attached hydrogen (secondary N) is 2. The second kappa shape index (κ2) is 8.07. The van der Waals surface area contributed by atoms with Crippen molar-refractivity contribution < 1.29 is 9.59 Å². The Labute approximate surface area is 151 Å². The van der Waals surface area contributed by atoms with Crippen molar-refractivity contribution >= 4 is 41.3 Å². The van der Waals surface area contributed by atoms with Crippen molar-refractivity contribution in [2.24, 2.45) is 0 Å². The Hall–Kier alpha value is -2.47. The highest BCUT2D eigenvalue weighted by atomic mass is 32.2. The molecule has 0 aliphatic carbocycles. The van der Waals surface area contributed by atoms with Gasteiger partial charge in [0.25, 0.3) is 5.91 Å². The number of rotatable bonds is 5. The van der Waals surface area contributed by atoms with Crippen molar-refractivity contribution in [1.82, 2.24) is 0 Å². The third-order valence-electron chi connectivity index (χ3n) is 4.13. The van der Waals surface area contributed by atoms with E-state index in [2.05, 4.69) is 14.9 Å². The lowest BCUT2D eigenvalue weighted by Crippen LogP contribution is -2.21. The molecule has 6 heteroatoms. The average molecular weight is 355 g/mol. The van der Waals surface area contributed by atoms with Crippen molar-refractivity contribution in [1.29, 1.82) is 0 Å². The largest absolute Gasteiger partial charge is 0.328 e. The summed E-state index contributed by atoms with van der Waals surface area (Å²) in [4.78, 5) is 23.1. The molecule has 0 unspecified atom stereocenters. The van der Waals surface area contributed by atoms with Crippen LogP contribution in [0.4, 0.5) is 17.1 Å². The molecule has 0 radical (unpaired) electrons. The van der Waals surface area contributed by atoms with E-state index < -0.39 is 0 Å². The van der Waals surface area contributed by atoms with Gasteiger partial charge in [-0.05, 0) is 73.7 Å². The summed E-state index contributed by atoms with van der Waals surface area (Å²) < 4.78 is 2.28. The van der Waals surface area contributed by atoms with Gasteiger partial charge in [0.2, 0.25) is 6.41 Å². The molecule has 0 aromatic heterocycles. The highest BCUT2D eigenvalue weighted by molar-refractivity contribution is 8.00. The molecule has 5 nitrogen and oxygen atoms in total. The Balaban J connectivity index is 1.68. The molecule has 130 valence electrons. The molecule has 2 aromatic rings. The molecule has 1 aliphatic heterocycles. The lowest BCUT2D eigenvalue weighted by atomic mass is 10.1. The predicted molar refractivity (Wildman–Crippen MR) is 104 cm³/mol. The molecular weight excluding hydrogens is 334 g/mol. The van der Waals surface area contributed by atoms with Gasteiger partial charge in [-0.1, -0.05) is 6.07 Å². The Morgan fingerprint density at radius 3 is 2.64 bits per heavy atom. The van der Waals surface area contributed by atoms with Crippen LogP contribution in [0.3, 0.4) is 0 Å². The maximum atomic E-state index is 12.4. The zero-order valence-corrected chi connectivity index (χ0v) is 14.9. The first-order chi connectivity index (χ1) is 12.2. The van der Waals surface area contributed by atoms with E-state index in [-0.39, 0.29) is 5.91 Å². The zero-order chi connectivity index (χ0) is 17.6. The predicted octanol–water partition coefficient (Wildman–Crippen LogP) is 4.06. The van der Waals surface area contributed by atoms with Crippen LogP contribution in [0, 0.1) is 6.92 Å². The summed E-state index contributed by atoms with van der Waals surface area (Å²) in [5, 5.41) is 5.50. The molecule has 1 aliphatic rings. The molecule has 0 bridgehead atoms. The van der Waals surface area contributed by atoms with Crippen molar-refractivity contribution in [3.63, 3.8) is 0 Å². The van der Waals surface area contributed by atoms with Gasteiger partial charge in [-0.2, -0.15) is 0 Å². The number of hydrogen-bond acceptors (Lipinski definition) is 4. The minimum atomic E-state index is -0.168. The first-order valence-electron chi connectivity index (χ1n) is 8.30. The van der Waals surface area contributed by atoms with Crippen LogP contribution >= 0.6 is 11.9 Å². The number of amides is 2.